The quantitative estimate of drug-likeness (QED) is 0.0261. The van der Waals surface area contributed by atoms with Gasteiger partial charge in [0, 0.05) is 19.3 Å². The molecule has 0 heterocycles. The number of hydrogen-bond donors (Lipinski definition) is 0. The molecule has 0 saturated heterocycles. The van der Waals surface area contributed by atoms with Crippen LogP contribution in [0.25, 0.3) is 0 Å². The van der Waals surface area contributed by atoms with Crippen molar-refractivity contribution >= 4 is 17.9 Å². The second-order valence-electron chi connectivity index (χ2n) is 24.5. The predicted molar refractivity (Wildman–Crippen MR) is 362 cm³/mol. The van der Waals surface area contributed by atoms with E-state index in [9.17, 15) is 14.4 Å². The van der Waals surface area contributed by atoms with Crippen LogP contribution < -0.4 is 0 Å². The second kappa shape index (κ2) is 71.3. The Balaban J connectivity index is 4.17. The van der Waals surface area contributed by atoms with Crippen molar-refractivity contribution in [2.75, 3.05) is 13.2 Å². The van der Waals surface area contributed by atoms with E-state index < -0.39 is 6.10 Å². The molecular formula is C77H138O6. The van der Waals surface area contributed by atoms with E-state index in [0.29, 0.717) is 19.3 Å². The van der Waals surface area contributed by atoms with Crippen molar-refractivity contribution in [3.05, 3.63) is 72.9 Å². The molecule has 1 atom stereocenters. The summed E-state index contributed by atoms with van der Waals surface area (Å²) in [7, 11) is 0. The molecule has 0 N–H and O–H groups in total. The fraction of sp³-hybridized carbons (Fsp3) is 0.805. The van der Waals surface area contributed by atoms with Crippen LogP contribution in [0.4, 0.5) is 0 Å². The molecule has 1 unspecified atom stereocenters. The van der Waals surface area contributed by atoms with E-state index in [0.717, 1.165) is 96.3 Å². The Morgan fingerprint density at radius 2 is 0.470 bits per heavy atom. The van der Waals surface area contributed by atoms with E-state index in [4.69, 9.17) is 14.2 Å². The first-order chi connectivity index (χ1) is 41.0. The van der Waals surface area contributed by atoms with Gasteiger partial charge in [-0.05, 0) is 89.9 Å². The van der Waals surface area contributed by atoms with Crippen LogP contribution in [0.1, 0.15) is 380 Å². The second-order valence-corrected chi connectivity index (χ2v) is 24.5. The van der Waals surface area contributed by atoms with Crippen molar-refractivity contribution in [2.24, 2.45) is 0 Å². The molecule has 0 aromatic heterocycles. The molecule has 0 aromatic rings. The van der Waals surface area contributed by atoms with E-state index in [1.807, 2.05) is 0 Å². The SMILES string of the molecule is CC/C=C\C/C=C\C/C=C\C/C=C\CCCCC(=O)OCC(COC(=O)CCCCCCCCCCCCCCCCCCCCCCCCCCCCCCCCCCC)OC(=O)CCCCCCCCC/C=C\C/C=C\CCCCC. The minimum atomic E-state index is -0.797. The van der Waals surface area contributed by atoms with Crippen molar-refractivity contribution in [1.29, 1.82) is 0 Å². The van der Waals surface area contributed by atoms with E-state index >= 15 is 0 Å². The average Bonchev–Trinajstić information content (AvgIpc) is 3.49. The molecule has 0 fully saturated rings. The number of hydrogen-bond acceptors (Lipinski definition) is 6. The Hall–Kier alpha value is -3.15. The maximum absolute atomic E-state index is 12.9. The summed E-state index contributed by atoms with van der Waals surface area (Å²) in [5, 5.41) is 0. The van der Waals surface area contributed by atoms with Gasteiger partial charge in [0.1, 0.15) is 13.2 Å². The van der Waals surface area contributed by atoms with Gasteiger partial charge in [-0.3, -0.25) is 14.4 Å². The summed E-state index contributed by atoms with van der Waals surface area (Å²) in [5.41, 5.74) is 0. The van der Waals surface area contributed by atoms with Crippen LogP contribution in [0.2, 0.25) is 0 Å². The van der Waals surface area contributed by atoms with Gasteiger partial charge in [0.05, 0.1) is 0 Å². The van der Waals surface area contributed by atoms with Crippen molar-refractivity contribution in [3.8, 4) is 0 Å². The maximum atomic E-state index is 12.9. The fourth-order valence-corrected chi connectivity index (χ4v) is 10.8. The summed E-state index contributed by atoms with van der Waals surface area (Å²) in [6.45, 7) is 6.51. The highest BCUT2D eigenvalue weighted by molar-refractivity contribution is 5.71. The monoisotopic (exact) mass is 1160 g/mol. The number of carbonyl (C=O) groups is 3. The minimum Gasteiger partial charge on any atom is -0.462 e. The zero-order chi connectivity index (χ0) is 59.9. The molecular weight excluding hydrogens is 1020 g/mol. The number of rotatable bonds is 67. The third kappa shape index (κ3) is 69.5. The summed E-state index contributed by atoms with van der Waals surface area (Å²) >= 11 is 0. The van der Waals surface area contributed by atoms with E-state index in [2.05, 4.69) is 93.7 Å². The van der Waals surface area contributed by atoms with Crippen LogP contribution >= 0.6 is 0 Å². The topological polar surface area (TPSA) is 78.9 Å². The van der Waals surface area contributed by atoms with Gasteiger partial charge in [0.2, 0.25) is 0 Å². The lowest BCUT2D eigenvalue weighted by Gasteiger charge is -2.18. The molecule has 0 aliphatic heterocycles. The van der Waals surface area contributed by atoms with Gasteiger partial charge in [-0.2, -0.15) is 0 Å². The Labute approximate surface area is 516 Å². The third-order valence-corrected chi connectivity index (χ3v) is 16.2. The van der Waals surface area contributed by atoms with Crippen LogP contribution in [0.3, 0.4) is 0 Å². The Morgan fingerprint density at radius 3 is 0.783 bits per heavy atom. The first-order valence-corrected chi connectivity index (χ1v) is 36.4. The predicted octanol–water partition coefficient (Wildman–Crippen LogP) is 25.2. The lowest BCUT2D eigenvalue weighted by Crippen LogP contribution is -2.30. The highest BCUT2D eigenvalue weighted by Gasteiger charge is 2.19. The average molecular weight is 1160 g/mol. The van der Waals surface area contributed by atoms with Gasteiger partial charge in [-0.25, -0.2) is 0 Å². The normalized spacial score (nSPS) is 12.5. The molecule has 0 radical (unpaired) electrons. The molecule has 83 heavy (non-hydrogen) atoms. The fourth-order valence-electron chi connectivity index (χ4n) is 10.8. The molecule has 0 spiro atoms. The molecule has 6 nitrogen and oxygen atoms in total. The van der Waals surface area contributed by atoms with Crippen LogP contribution in [0, 0.1) is 0 Å². The Bertz CT molecular complexity index is 1520. The molecule has 482 valence electrons. The zero-order valence-corrected chi connectivity index (χ0v) is 55.5. The van der Waals surface area contributed by atoms with Crippen LogP contribution in [-0.2, 0) is 28.6 Å². The first kappa shape index (κ1) is 79.8. The third-order valence-electron chi connectivity index (χ3n) is 16.2. The minimum absolute atomic E-state index is 0.0890. The van der Waals surface area contributed by atoms with Crippen molar-refractivity contribution in [2.45, 2.75) is 386 Å². The number of unbranched alkanes of at least 4 members (excludes halogenated alkanes) is 44. The standard InChI is InChI=1S/C77H138O6/c1-4-7-10-13-16-19-22-25-28-30-31-32-33-34-35-36-37-38-39-40-41-42-43-44-45-47-49-52-55-58-61-64-67-70-76(79)82-73-74(72-81-75(78)69-66-63-60-57-54-51-48-27-24-21-18-15-12-9-6-3)83-77(80)71-68-65-62-59-56-53-50-46-29-26-23-20-17-14-11-8-5-2/h9,12,17-18,20-21,26-27,29,48,54,57,74H,4-8,10-11,13-16,19,22-25,28,30-47,49-53,55-56,58-73H2,1-3H3/b12-9-,20-17-,21-18-,29-26-,48-27-,57-54-. The van der Waals surface area contributed by atoms with Gasteiger partial charge < -0.3 is 14.2 Å². The van der Waals surface area contributed by atoms with Crippen molar-refractivity contribution in [3.63, 3.8) is 0 Å². The summed E-state index contributed by atoms with van der Waals surface area (Å²) < 4.78 is 16.9. The summed E-state index contributed by atoms with van der Waals surface area (Å²) in [4.78, 5) is 38.4. The van der Waals surface area contributed by atoms with Crippen LogP contribution in [-0.4, -0.2) is 37.2 Å². The smallest absolute Gasteiger partial charge is 0.306 e. The molecule has 0 rings (SSSR count). The van der Waals surface area contributed by atoms with Crippen molar-refractivity contribution in [1.82, 2.24) is 0 Å². The summed E-state index contributed by atoms with van der Waals surface area (Å²) in [5.74, 6) is -0.922. The Morgan fingerprint density at radius 1 is 0.253 bits per heavy atom. The molecule has 6 heteroatoms. The van der Waals surface area contributed by atoms with Gasteiger partial charge in [0.25, 0.3) is 0 Å². The highest BCUT2D eigenvalue weighted by atomic mass is 16.6. The van der Waals surface area contributed by atoms with Crippen molar-refractivity contribution < 1.29 is 28.6 Å². The van der Waals surface area contributed by atoms with Gasteiger partial charge in [0.15, 0.2) is 6.10 Å². The largest absolute Gasteiger partial charge is 0.462 e. The lowest BCUT2D eigenvalue weighted by atomic mass is 10.0. The molecule has 0 amide bonds. The zero-order valence-electron chi connectivity index (χ0n) is 55.5. The van der Waals surface area contributed by atoms with Gasteiger partial charge >= 0.3 is 17.9 Å². The van der Waals surface area contributed by atoms with Gasteiger partial charge in [-0.1, -0.05) is 344 Å². The Kier molecular flexibility index (Phi) is 68.6. The molecule has 0 aliphatic rings. The van der Waals surface area contributed by atoms with Crippen LogP contribution in [0.15, 0.2) is 72.9 Å². The number of carbonyl (C=O) groups excluding carboxylic acids is 3. The number of allylic oxidation sites excluding steroid dienone is 12. The van der Waals surface area contributed by atoms with Gasteiger partial charge in [-0.15, -0.1) is 0 Å². The molecule has 0 aliphatic carbocycles. The molecule has 0 aromatic carbocycles. The number of ether oxygens (including phenoxy) is 3. The summed E-state index contributed by atoms with van der Waals surface area (Å²) in [6.07, 6.45) is 93.9. The van der Waals surface area contributed by atoms with E-state index in [1.165, 1.54) is 244 Å². The maximum Gasteiger partial charge on any atom is 0.306 e. The molecule has 0 bridgehead atoms. The summed E-state index contributed by atoms with van der Waals surface area (Å²) in [6, 6.07) is 0. The first-order valence-electron chi connectivity index (χ1n) is 36.4. The lowest BCUT2D eigenvalue weighted by molar-refractivity contribution is -0.167. The number of esters is 3. The highest BCUT2D eigenvalue weighted by Crippen LogP contribution is 2.19. The van der Waals surface area contributed by atoms with E-state index in [1.54, 1.807) is 0 Å². The van der Waals surface area contributed by atoms with Crippen LogP contribution in [0.5, 0.6) is 0 Å². The van der Waals surface area contributed by atoms with E-state index in [-0.39, 0.29) is 31.1 Å². The molecule has 0 saturated carbocycles.